The zero-order chi connectivity index (χ0) is 9.30. The van der Waals surface area contributed by atoms with Crippen molar-refractivity contribution in [3.8, 4) is 11.5 Å². The van der Waals surface area contributed by atoms with Gasteiger partial charge < -0.3 is 9.84 Å². The Morgan fingerprint density at radius 3 is 2.58 bits per heavy atom. The fraction of sp³-hybridized carbons (Fsp3) is 0.143. The maximum absolute atomic E-state index is 9.36. The lowest BCUT2D eigenvalue weighted by Crippen LogP contribution is -1.85. The molecule has 0 saturated heterocycles. The van der Waals surface area contributed by atoms with E-state index in [4.69, 9.17) is 27.9 Å². The summed E-state index contributed by atoms with van der Waals surface area (Å²) in [4.78, 5) is 0. The molecule has 1 aromatic rings. The van der Waals surface area contributed by atoms with E-state index in [-0.39, 0.29) is 16.5 Å². The van der Waals surface area contributed by atoms with Crippen molar-refractivity contribution in [3.63, 3.8) is 0 Å². The number of rotatable bonds is 1. The first-order valence-electron chi connectivity index (χ1n) is 2.98. The lowest BCUT2D eigenvalue weighted by molar-refractivity contribution is 0.373. The van der Waals surface area contributed by atoms with E-state index < -0.39 is 0 Å². The van der Waals surface area contributed by atoms with Gasteiger partial charge in [-0.15, -0.1) is 0 Å². The normalized spacial score (nSPS) is 10.0. The minimum atomic E-state index is -0.115. The Kier molecular flexibility index (Phi) is 3.09. The maximum atomic E-state index is 9.36. The van der Waals surface area contributed by atoms with E-state index in [0.29, 0.717) is 9.50 Å². The molecule has 66 valence electrons. The third-order valence-corrected chi connectivity index (χ3v) is 3.27. The summed E-state index contributed by atoms with van der Waals surface area (Å²) >= 11 is 14.6. The Balaban J connectivity index is 3.39. The lowest BCUT2D eigenvalue weighted by Gasteiger charge is -2.07. The molecule has 0 saturated carbocycles. The monoisotopic (exact) mass is 270 g/mol. The first-order chi connectivity index (χ1) is 5.57. The van der Waals surface area contributed by atoms with Crippen LogP contribution in [0.25, 0.3) is 0 Å². The predicted molar refractivity (Wildman–Crippen MR) is 52.4 cm³/mol. The van der Waals surface area contributed by atoms with Crippen LogP contribution in [0, 0.1) is 0 Å². The molecule has 12 heavy (non-hydrogen) atoms. The van der Waals surface area contributed by atoms with Gasteiger partial charge in [-0.3, -0.25) is 0 Å². The Morgan fingerprint density at radius 1 is 1.50 bits per heavy atom. The summed E-state index contributed by atoms with van der Waals surface area (Å²) < 4.78 is 5.28. The summed E-state index contributed by atoms with van der Waals surface area (Å²) in [6, 6.07) is 1.48. The van der Waals surface area contributed by atoms with Gasteiger partial charge in [0.25, 0.3) is 0 Å². The van der Waals surface area contributed by atoms with Crippen molar-refractivity contribution in [2.24, 2.45) is 0 Å². The molecule has 0 aromatic heterocycles. The van der Waals surface area contributed by atoms with Crippen LogP contribution in [0.5, 0.6) is 11.5 Å². The van der Waals surface area contributed by atoms with Gasteiger partial charge in [-0.05, 0) is 15.9 Å². The summed E-state index contributed by atoms with van der Waals surface area (Å²) in [5, 5.41) is 9.91. The zero-order valence-electron chi connectivity index (χ0n) is 6.07. The van der Waals surface area contributed by atoms with Crippen molar-refractivity contribution in [2.75, 3.05) is 7.11 Å². The molecule has 5 heteroatoms. The number of phenols is 1. The van der Waals surface area contributed by atoms with E-state index >= 15 is 0 Å². The Hall–Kier alpha value is -0.120. The molecule has 0 aliphatic heterocycles. The second-order valence-corrected chi connectivity index (χ2v) is 3.62. The highest BCUT2D eigenvalue weighted by atomic mass is 79.9. The van der Waals surface area contributed by atoms with Crippen molar-refractivity contribution in [2.45, 2.75) is 0 Å². The second kappa shape index (κ2) is 3.73. The van der Waals surface area contributed by atoms with E-state index in [1.54, 1.807) is 0 Å². The molecule has 0 unspecified atom stereocenters. The summed E-state index contributed by atoms with van der Waals surface area (Å²) in [7, 11) is 1.43. The van der Waals surface area contributed by atoms with Gasteiger partial charge in [0.05, 0.1) is 16.6 Å². The molecular weight excluding hydrogens is 267 g/mol. The van der Waals surface area contributed by atoms with Gasteiger partial charge in [0, 0.05) is 6.07 Å². The number of benzene rings is 1. The van der Waals surface area contributed by atoms with Crippen LogP contribution in [0.3, 0.4) is 0 Å². The molecular formula is C7H5BrCl2O2. The van der Waals surface area contributed by atoms with Gasteiger partial charge in [0.15, 0.2) is 11.5 Å². The molecule has 0 radical (unpaired) electrons. The maximum Gasteiger partial charge on any atom is 0.178 e. The highest BCUT2D eigenvalue weighted by Gasteiger charge is 2.13. The van der Waals surface area contributed by atoms with E-state index in [0.717, 1.165) is 0 Å². The van der Waals surface area contributed by atoms with Crippen LogP contribution in [0.2, 0.25) is 10.0 Å². The molecule has 2 nitrogen and oxygen atoms in total. The van der Waals surface area contributed by atoms with Crippen molar-refractivity contribution in [1.29, 1.82) is 0 Å². The highest BCUT2D eigenvalue weighted by Crippen LogP contribution is 2.43. The van der Waals surface area contributed by atoms with Crippen LogP contribution >= 0.6 is 39.1 Å². The minimum absolute atomic E-state index is 0.115. The Labute approximate surface area is 88.2 Å². The van der Waals surface area contributed by atoms with Gasteiger partial charge in [-0.25, -0.2) is 0 Å². The average molecular weight is 272 g/mol. The quantitative estimate of drug-likeness (QED) is 0.793. The fourth-order valence-corrected chi connectivity index (χ4v) is 1.46. The summed E-state index contributed by atoms with van der Waals surface area (Å²) in [6.45, 7) is 0. The number of aromatic hydroxyl groups is 1. The smallest absolute Gasteiger partial charge is 0.178 e. The van der Waals surface area contributed by atoms with Gasteiger partial charge in [0.1, 0.15) is 5.02 Å². The topological polar surface area (TPSA) is 29.5 Å². The minimum Gasteiger partial charge on any atom is -0.503 e. The van der Waals surface area contributed by atoms with Gasteiger partial charge in [-0.1, -0.05) is 23.2 Å². The van der Waals surface area contributed by atoms with Crippen LogP contribution in [0.15, 0.2) is 10.5 Å². The Bertz CT molecular complexity index is 315. The molecule has 0 atom stereocenters. The molecule has 1 rings (SSSR count). The first kappa shape index (κ1) is 9.96. The molecule has 0 fully saturated rings. The van der Waals surface area contributed by atoms with E-state index in [9.17, 15) is 5.11 Å². The van der Waals surface area contributed by atoms with Crippen molar-refractivity contribution >= 4 is 39.1 Å². The molecule has 0 bridgehead atoms. The lowest BCUT2D eigenvalue weighted by atomic mass is 10.3. The second-order valence-electron chi connectivity index (χ2n) is 2.04. The predicted octanol–water partition coefficient (Wildman–Crippen LogP) is 3.47. The van der Waals surface area contributed by atoms with Crippen LogP contribution in [-0.4, -0.2) is 12.2 Å². The van der Waals surface area contributed by atoms with Crippen LogP contribution in [0.4, 0.5) is 0 Å². The highest BCUT2D eigenvalue weighted by molar-refractivity contribution is 9.10. The van der Waals surface area contributed by atoms with E-state index in [2.05, 4.69) is 15.9 Å². The van der Waals surface area contributed by atoms with Crippen molar-refractivity contribution in [3.05, 3.63) is 20.6 Å². The van der Waals surface area contributed by atoms with Crippen LogP contribution < -0.4 is 4.74 Å². The standard InChI is InChI=1S/C7H5BrCl2O2/c1-12-4-2-3(9)5(8)6(10)7(4)11/h2,11H,1H3. The molecule has 1 N–H and O–H groups in total. The largest absolute Gasteiger partial charge is 0.503 e. The average Bonchev–Trinajstić information content (AvgIpc) is 2.08. The molecule has 0 spiro atoms. The molecule has 0 heterocycles. The third-order valence-electron chi connectivity index (χ3n) is 1.32. The first-order valence-corrected chi connectivity index (χ1v) is 4.53. The van der Waals surface area contributed by atoms with E-state index in [1.807, 2.05) is 0 Å². The summed E-state index contributed by atoms with van der Waals surface area (Å²) in [6.07, 6.45) is 0. The number of methoxy groups -OCH3 is 1. The molecule has 1 aromatic carbocycles. The summed E-state index contributed by atoms with van der Waals surface area (Å²) in [5.74, 6) is 0.142. The zero-order valence-corrected chi connectivity index (χ0v) is 9.16. The molecule has 0 amide bonds. The number of ether oxygens (including phenoxy) is 1. The van der Waals surface area contributed by atoms with Crippen molar-refractivity contribution < 1.29 is 9.84 Å². The summed E-state index contributed by atoms with van der Waals surface area (Å²) in [5.41, 5.74) is 0. The number of halogens is 3. The number of hydrogen-bond acceptors (Lipinski definition) is 2. The fourth-order valence-electron chi connectivity index (χ4n) is 0.719. The number of phenolic OH excluding ortho intramolecular Hbond substituents is 1. The third kappa shape index (κ3) is 1.63. The van der Waals surface area contributed by atoms with Crippen molar-refractivity contribution in [1.82, 2.24) is 0 Å². The van der Waals surface area contributed by atoms with Crippen LogP contribution in [0.1, 0.15) is 0 Å². The van der Waals surface area contributed by atoms with Gasteiger partial charge in [-0.2, -0.15) is 0 Å². The van der Waals surface area contributed by atoms with Crippen LogP contribution in [-0.2, 0) is 0 Å². The van der Waals surface area contributed by atoms with Gasteiger partial charge in [0.2, 0.25) is 0 Å². The van der Waals surface area contributed by atoms with Gasteiger partial charge >= 0.3 is 0 Å². The van der Waals surface area contributed by atoms with E-state index in [1.165, 1.54) is 13.2 Å². The number of hydrogen-bond donors (Lipinski definition) is 1. The SMILES string of the molecule is COc1cc(Cl)c(Br)c(Cl)c1O. The molecule has 0 aliphatic rings. The molecule has 0 aliphatic carbocycles. The Morgan fingerprint density at radius 2 is 2.08 bits per heavy atom.